The van der Waals surface area contributed by atoms with Crippen LogP contribution < -0.4 is 4.90 Å². The van der Waals surface area contributed by atoms with Gasteiger partial charge in [0, 0.05) is 35.2 Å². The molecule has 0 saturated carbocycles. The number of morpholine rings is 1. The second-order valence-corrected chi connectivity index (χ2v) is 6.54. The van der Waals surface area contributed by atoms with Gasteiger partial charge in [-0.05, 0) is 6.92 Å². The van der Waals surface area contributed by atoms with E-state index >= 15 is 0 Å². The van der Waals surface area contributed by atoms with E-state index in [9.17, 15) is 0 Å². The first-order valence-corrected chi connectivity index (χ1v) is 7.71. The van der Waals surface area contributed by atoms with Gasteiger partial charge < -0.3 is 9.64 Å². The highest BCUT2D eigenvalue weighted by Gasteiger charge is 2.38. The molecule has 1 N–H and O–H groups in total. The maximum atomic E-state index is 5.42. The van der Waals surface area contributed by atoms with Gasteiger partial charge in [-0.15, -0.1) is 0 Å². The summed E-state index contributed by atoms with van der Waals surface area (Å²) in [6.07, 6.45) is 2.19. The van der Waals surface area contributed by atoms with Crippen LogP contribution in [-0.4, -0.2) is 46.8 Å². The molecule has 18 heavy (non-hydrogen) atoms. The number of nitrogens with one attached hydrogen (secondary N) is 1. The smallest absolute Gasteiger partial charge is 0.258 e. The summed E-state index contributed by atoms with van der Waals surface area (Å²) < 4.78 is 8.76. The van der Waals surface area contributed by atoms with Gasteiger partial charge in [0.2, 0.25) is 4.61 Å². The summed E-state index contributed by atoms with van der Waals surface area (Å²) >= 11 is 5.99. The molecular formula is C11H15BrIN4O+. The standard InChI is InChI=1S/C11H14BrIN4O/c1-8-10(12)17-7-16(13)6-9(11(17)14-8)15-2-4-18-5-3-15/h6H,2-5,7H2,1H3/p+1. The molecule has 7 heteroatoms. The monoisotopic (exact) mass is 425 g/mol. The molecule has 3 aliphatic rings. The molecule has 0 aliphatic carbocycles. The van der Waals surface area contributed by atoms with Gasteiger partial charge in [-0.25, -0.2) is 4.90 Å². The first-order chi connectivity index (χ1) is 8.66. The van der Waals surface area contributed by atoms with Crippen molar-refractivity contribution < 1.29 is 9.64 Å². The fraction of sp³-hybridized carbons (Fsp3) is 0.545. The average Bonchev–Trinajstić information content (AvgIpc) is 2.66. The molecule has 98 valence electrons. The highest BCUT2D eigenvalue weighted by molar-refractivity contribution is 14.1. The summed E-state index contributed by atoms with van der Waals surface area (Å²) in [7, 11) is 0. The molecule has 0 bridgehead atoms. The Hall–Kier alpha value is -0.120. The Balaban J connectivity index is 1.91. The van der Waals surface area contributed by atoms with Gasteiger partial charge in [-0.1, -0.05) is 0 Å². The second kappa shape index (κ2) is 5.10. The molecular weight excluding hydrogens is 411 g/mol. The van der Waals surface area contributed by atoms with Gasteiger partial charge in [0.15, 0.2) is 6.67 Å². The van der Waals surface area contributed by atoms with Crippen LogP contribution in [-0.2, 0) is 4.74 Å². The van der Waals surface area contributed by atoms with Gasteiger partial charge in [0.1, 0.15) is 11.4 Å². The molecule has 3 rings (SSSR count). The third-order valence-corrected chi connectivity index (χ3v) is 4.99. The zero-order valence-corrected chi connectivity index (χ0v) is 13.9. The molecule has 1 unspecified atom stereocenters. The van der Waals surface area contributed by atoms with Crippen molar-refractivity contribution in [3.05, 3.63) is 22.2 Å². The van der Waals surface area contributed by atoms with Crippen molar-refractivity contribution in [2.45, 2.75) is 6.92 Å². The van der Waals surface area contributed by atoms with Crippen LogP contribution in [0.5, 0.6) is 0 Å². The van der Waals surface area contributed by atoms with E-state index in [0.29, 0.717) is 0 Å². The number of allylic oxidation sites excluding steroid dienone is 1. The van der Waals surface area contributed by atoms with Crippen LogP contribution in [0.1, 0.15) is 6.92 Å². The average molecular weight is 426 g/mol. The van der Waals surface area contributed by atoms with Gasteiger partial charge in [-0.3, -0.25) is 3.11 Å². The maximum absolute atomic E-state index is 5.42. The number of hydrogen-bond donors (Lipinski definition) is 1. The molecule has 5 nitrogen and oxygen atoms in total. The van der Waals surface area contributed by atoms with Crippen molar-refractivity contribution in [3.63, 3.8) is 0 Å². The summed E-state index contributed by atoms with van der Waals surface area (Å²) in [6, 6.07) is 0. The van der Waals surface area contributed by atoms with Gasteiger partial charge in [-0.2, -0.15) is 4.99 Å². The summed E-state index contributed by atoms with van der Waals surface area (Å²) in [4.78, 5) is 8.38. The number of quaternary nitrogens is 1. The predicted molar refractivity (Wildman–Crippen MR) is 81.2 cm³/mol. The summed E-state index contributed by atoms with van der Waals surface area (Å²) in [5, 5.41) is 0. The number of amidine groups is 1. The third-order valence-electron chi connectivity index (χ3n) is 3.31. The highest BCUT2D eigenvalue weighted by atomic mass is 127. The number of rotatable bonds is 1. The number of hydrogen-bond acceptors (Lipinski definition) is 4. The van der Waals surface area contributed by atoms with Crippen LogP contribution in [0, 0.1) is 0 Å². The van der Waals surface area contributed by atoms with E-state index in [1.165, 1.54) is 10.6 Å². The van der Waals surface area contributed by atoms with Crippen molar-refractivity contribution in [2.75, 3.05) is 33.0 Å². The molecule has 0 aromatic carbocycles. The van der Waals surface area contributed by atoms with E-state index in [2.05, 4.69) is 59.9 Å². The molecule has 3 aliphatic heterocycles. The van der Waals surface area contributed by atoms with Crippen molar-refractivity contribution in [3.8, 4) is 0 Å². The van der Waals surface area contributed by atoms with E-state index < -0.39 is 0 Å². The molecule has 0 aromatic rings. The lowest BCUT2D eigenvalue weighted by Gasteiger charge is -2.35. The Morgan fingerprint density at radius 2 is 2.17 bits per heavy atom. The van der Waals surface area contributed by atoms with Crippen LogP contribution in [0.25, 0.3) is 0 Å². The molecule has 1 atom stereocenters. The molecule has 0 radical (unpaired) electrons. The van der Waals surface area contributed by atoms with Crippen molar-refractivity contribution in [1.82, 2.24) is 8.01 Å². The summed E-state index contributed by atoms with van der Waals surface area (Å²) in [5.41, 5.74) is 2.30. The fourth-order valence-electron chi connectivity index (χ4n) is 2.39. The Bertz CT molecular complexity index is 456. The highest BCUT2D eigenvalue weighted by Crippen LogP contribution is 2.21. The molecule has 0 amide bonds. The lowest BCUT2D eigenvalue weighted by atomic mass is 10.3. The first kappa shape index (κ1) is 12.9. The zero-order chi connectivity index (χ0) is 12.7. The topological polar surface area (TPSA) is 32.5 Å². The number of ether oxygens (including phenoxy) is 1. The molecule has 0 aromatic heterocycles. The lowest BCUT2D eigenvalue weighted by Crippen LogP contribution is -3.13. The Morgan fingerprint density at radius 3 is 2.89 bits per heavy atom. The largest absolute Gasteiger partial charge is 0.378 e. The maximum Gasteiger partial charge on any atom is 0.258 e. The van der Waals surface area contributed by atoms with E-state index in [1.54, 1.807) is 0 Å². The number of aliphatic imine (C=N–C) groups is 1. The van der Waals surface area contributed by atoms with Crippen LogP contribution >= 0.6 is 38.8 Å². The zero-order valence-electron chi connectivity index (χ0n) is 10.1. The van der Waals surface area contributed by atoms with E-state index in [0.717, 1.165) is 49.1 Å². The molecule has 1 saturated heterocycles. The quantitative estimate of drug-likeness (QED) is 0.380. The van der Waals surface area contributed by atoms with Crippen LogP contribution in [0.3, 0.4) is 0 Å². The molecule has 1 fully saturated rings. The van der Waals surface area contributed by atoms with Crippen LogP contribution in [0.2, 0.25) is 0 Å². The van der Waals surface area contributed by atoms with Crippen molar-refractivity contribution in [2.24, 2.45) is 4.99 Å². The molecule has 3 heterocycles. The number of nitrogens with zero attached hydrogens (tertiary/aromatic N) is 3. The Morgan fingerprint density at radius 1 is 1.44 bits per heavy atom. The normalized spacial score (nSPS) is 28.3. The summed E-state index contributed by atoms with van der Waals surface area (Å²) in [5.74, 6) is 1.13. The van der Waals surface area contributed by atoms with Crippen LogP contribution in [0.4, 0.5) is 0 Å². The Kier molecular flexibility index (Phi) is 3.65. The first-order valence-electron chi connectivity index (χ1n) is 5.96. The number of halogens is 2. The van der Waals surface area contributed by atoms with Crippen LogP contribution in [0.15, 0.2) is 27.2 Å². The van der Waals surface area contributed by atoms with Gasteiger partial charge >= 0.3 is 0 Å². The minimum Gasteiger partial charge on any atom is -0.378 e. The lowest BCUT2D eigenvalue weighted by molar-refractivity contribution is -0.759. The molecule has 0 spiro atoms. The Labute approximate surface area is 129 Å². The minimum absolute atomic E-state index is 0.800. The summed E-state index contributed by atoms with van der Waals surface area (Å²) in [6.45, 7) is 6.45. The predicted octanol–water partition coefficient (Wildman–Crippen LogP) is 0.664. The van der Waals surface area contributed by atoms with Crippen molar-refractivity contribution >= 4 is 44.6 Å². The fourth-order valence-corrected chi connectivity index (χ4v) is 3.40. The van der Waals surface area contributed by atoms with Gasteiger partial charge in [0.25, 0.3) is 5.84 Å². The minimum atomic E-state index is 0.800. The van der Waals surface area contributed by atoms with Gasteiger partial charge in [0.05, 0.1) is 36.1 Å². The van der Waals surface area contributed by atoms with E-state index in [-0.39, 0.29) is 0 Å². The van der Waals surface area contributed by atoms with E-state index in [4.69, 9.17) is 9.73 Å². The number of fused-ring (bicyclic) bond motifs is 1. The third kappa shape index (κ3) is 2.21. The second-order valence-electron chi connectivity index (χ2n) is 4.51. The van der Waals surface area contributed by atoms with E-state index in [1.807, 2.05) is 0 Å². The van der Waals surface area contributed by atoms with Crippen molar-refractivity contribution in [1.29, 1.82) is 0 Å². The SMILES string of the molecule is CC1=C(Br)[NH+]2CN(I)C=C(N3CCOCC3)C2=N1.